The number of hydrogen-bond donors (Lipinski definition) is 0. The molecule has 0 saturated carbocycles. The highest BCUT2D eigenvalue weighted by Gasteiger charge is 2.36. The summed E-state index contributed by atoms with van der Waals surface area (Å²) in [7, 11) is 2.62. The van der Waals surface area contributed by atoms with Crippen molar-refractivity contribution in [3.05, 3.63) is 42.1 Å². The van der Waals surface area contributed by atoms with Crippen molar-refractivity contribution in [3.8, 4) is 0 Å². The van der Waals surface area contributed by atoms with Crippen LogP contribution in [0.2, 0.25) is 6.04 Å². The third-order valence-corrected chi connectivity index (χ3v) is 6.88. The van der Waals surface area contributed by atoms with Crippen LogP contribution in [-0.4, -0.2) is 35.1 Å². The molecule has 2 rings (SSSR count). The molecule has 0 bridgehead atoms. The number of pyridine rings is 1. The van der Waals surface area contributed by atoms with E-state index in [9.17, 15) is 0 Å². The van der Waals surface area contributed by atoms with Gasteiger partial charge in [-0.1, -0.05) is 18.6 Å². The van der Waals surface area contributed by atoms with Gasteiger partial charge in [0.25, 0.3) is 0 Å². The van der Waals surface area contributed by atoms with Crippen LogP contribution in [0.3, 0.4) is 0 Å². The van der Waals surface area contributed by atoms with E-state index in [2.05, 4.69) is 29.2 Å². The van der Waals surface area contributed by atoms with Crippen molar-refractivity contribution >= 4 is 19.7 Å². The third kappa shape index (κ3) is 4.36. The SMILES string of the molecule is CO[Si](CCCCCc1ccc2ncccc2c1)(OC)OC. The standard InChI is InChI=1S/C17H25NO3Si/c1-19-22(20-2,21-3)13-6-4-5-8-15-10-11-17-16(14-15)9-7-12-18-17/h7,9-12,14H,4-6,8,13H2,1-3H3. The van der Waals surface area contributed by atoms with Crippen molar-refractivity contribution in [1.82, 2.24) is 4.98 Å². The van der Waals surface area contributed by atoms with Gasteiger partial charge in [-0.05, 0) is 43.0 Å². The zero-order valence-electron chi connectivity index (χ0n) is 13.7. The normalized spacial score (nSPS) is 12.0. The van der Waals surface area contributed by atoms with E-state index in [1.54, 1.807) is 21.3 Å². The second-order valence-electron chi connectivity index (χ2n) is 5.39. The van der Waals surface area contributed by atoms with E-state index < -0.39 is 8.80 Å². The predicted octanol–water partition coefficient (Wildman–Crippen LogP) is 3.83. The molecule has 0 unspecified atom stereocenters. The Kier molecular flexibility index (Phi) is 6.51. The number of hydrogen-bond acceptors (Lipinski definition) is 4. The fraction of sp³-hybridized carbons (Fsp3) is 0.471. The lowest BCUT2D eigenvalue weighted by molar-refractivity contribution is 0.122. The Bertz CT molecular complexity index is 579. The minimum absolute atomic E-state index is 0.873. The van der Waals surface area contributed by atoms with E-state index >= 15 is 0 Å². The summed E-state index contributed by atoms with van der Waals surface area (Å²) in [5.41, 5.74) is 2.43. The summed E-state index contributed by atoms with van der Waals surface area (Å²) in [5, 5.41) is 1.21. The number of rotatable bonds is 9. The van der Waals surface area contributed by atoms with Gasteiger partial charge < -0.3 is 13.3 Å². The molecule has 0 fully saturated rings. The molecule has 0 aliphatic heterocycles. The molecule has 0 aliphatic rings. The van der Waals surface area contributed by atoms with Crippen molar-refractivity contribution in [3.63, 3.8) is 0 Å². The van der Waals surface area contributed by atoms with Gasteiger partial charge in [-0.2, -0.15) is 0 Å². The minimum atomic E-state index is -2.39. The van der Waals surface area contributed by atoms with Gasteiger partial charge in [0.05, 0.1) is 5.52 Å². The van der Waals surface area contributed by atoms with Crippen molar-refractivity contribution < 1.29 is 13.3 Å². The first-order valence-electron chi connectivity index (χ1n) is 7.72. The Morgan fingerprint density at radius 3 is 2.45 bits per heavy atom. The van der Waals surface area contributed by atoms with Gasteiger partial charge in [0, 0.05) is 39.0 Å². The van der Waals surface area contributed by atoms with Crippen LogP contribution < -0.4 is 0 Å². The predicted molar refractivity (Wildman–Crippen MR) is 90.9 cm³/mol. The van der Waals surface area contributed by atoms with Gasteiger partial charge in [0.1, 0.15) is 0 Å². The number of unbranched alkanes of at least 4 members (excludes halogenated alkanes) is 2. The fourth-order valence-electron chi connectivity index (χ4n) is 2.68. The molecule has 0 spiro atoms. The Hall–Kier alpha value is -1.27. The highest BCUT2D eigenvalue weighted by atomic mass is 28.4. The molecule has 1 aromatic heterocycles. The first kappa shape index (κ1) is 17.1. The highest BCUT2D eigenvalue weighted by Crippen LogP contribution is 2.19. The zero-order valence-corrected chi connectivity index (χ0v) is 14.7. The van der Waals surface area contributed by atoms with E-state index in [0.29, 0.717) is 0 Å². The molecule has 5 heteroatoms. The Morgan fingerprint density at radius 2 is 1.73 bits per heavy atom. The Morgan fingerprint density at radius 1 is 0.955 bits per heavy atom. The molecule has 22 heavy (non-hydrogen) atoms. The highest BCUT2D eigenvalue weighted by molar-refractivity contribution is 6.60. The number of benzene rings is 1. The average molecular weight is 319 g/mol. The van der Waals surface area contributed by atoms with Crippen LogP contribution >= 0.6 is 0 Å². The maximum atomic E-state index is 5.44. The molecular formula is C17H25NO3Si. The molecule has 0 saturated heterocycles. The van der Waals surface area contributed by atoms with E-state index in [4.69, 9.17) is 13.3 Å². The largest absolute Gasteiger partial charge is 0.500 e. The van der Waals surface area contributed by atoms with Crippen LogP contribution in [0.1, 0.15) is 24.8 Å². The van der Waals surface area contributed by atoms with Crippen LogP contribution in [0.25, 0.3) is 10.9 Å². The number of fused-ring (bicyclic) bond motifs is 1. The lowest BCUT2D eigenvalue weighted by Crippen LogP contribution is -2.42. The van der Waals surface area contributed by atoms with E-state index in [0.717, 1.165) is 37.2 Å². The van der Waals surface area contributed by atoms with Crippen LogP contribution in [0, 0.1) is 0 Å². The Balaban J connectivity index is 1.78. The summed E-state index contributed by atoms with van der Waals surface area (Å²) in [6.07, 6.45) is 6.30. The molecular weight excluding hydrogens is 294 g/mol. The number of nitrogens with zero attached hydrogens (tertiary/aromatic N) is 1. The molecule has 2 aromatic rings. The van der Waals surface area contributed by atoms with Crippen LogP contribution in [0.15, 0.2) is 36.5 Å². The third-order valence-electron chi connectivity index (χ3n) is 4.05. The molecule has 0 aliphatic carbocycles. The average Bonchev–Trinajstić information content (AvgIpc) is 2.58. The topological polar surface area (TPSA) is 40.6 Å². The summed E-state index contributed by atoms with van der Waals surface area (Å²) in [6.45, 7) is 0. The molecule has 1 heterocycles. The van der Waals surface area contributed by atoms with E-state index in [1.165, 1.54) is 10.9 Å². The Labute approximate surface area is 133 Å². The van der Waals surface area contributed by atoms with Gasteiger partial charge in [0.2, 0.25) is 0 Å². The summed E-state index contributed by atoms with van der Waals surface area (Å²) >= 11 is 0. The maximum Gasteiger partial charge on any atom is 0.500 e. The molecule has 120 valence electrons. The van der Waals surface area contributed by atoms with Crippen LogP contribution in [-0.2, 0) is 19.7 Å². The second-order valence-corrected chi connectivity index (χ2v) is 8.48. The first-order valence-corrected chi connectivity index (χ1v) is 9.65. The minimum Gasteiger partial charge on any atom is -0.377 e. The molecule has 1 aromatic carbocycles. The lowest BCUT2D eigenvalue weighted by Gasteiger charge is -2.24. The fourth-order valence-corrected chi connectivity index (χ4v) is 4.48. The molecule has 0 radical (unpaired) electrons. The summed E-state index contributed by atoms with van der Waals surface area (Å²) in [4.78, 5) is 4.35. The molecule has 4 nitrogen and oxygen atoms in total. The molecule has 0 amide bonds. The van der Waals surface area contributed by atoms with Crippen molar-refractivity contribution in [2.45, 2.75) is 31.7 Å². The molecule has 0 N–H and O–H groups in total. The number of aromatic nitrogens is 1. The van der Waals surface area contributed by atoms with Gasteiger partial charge in [-0.15, -0.1) is 0 Å². The quantitative estimate of drug-likeness (QED) is 0.520. The van der Waals surface area contributed by atoms with Gasteiger partial charge in [-0.25, -0.2) is 0 Å². The number of aryl methyl sites for hydroxylation is 1. The first-order chi connectivity index (χ1) is 10.7. The molecule has 0 atom stereocenters. The summed E-state index contributed by atoms with van der Waals surface area (Å²) in [6, 6.07) is 11.5. The van der Waals surface area contributed by atoms with Crippen LogP contribution in [0.4, 0.5) is 0 Å². The van der Waals surface area contributed by atoms with Crippen LogP contribution in [0.5, 0.6) is 0 Å². The maximum absolute atomic E-state index is 5.44. The second kappa shape index (κ2) is 8.38. The van der Waals surface area contributed by atoms with Gasteiger partial charge >= 0.3 is 8.80 Å². The van der Waals surface area contributed by atoms with Crippen molar-refractivity contribution in [2.24, 2.45) is 0 Å². The van der Waals surface area contributed by atoms with Gasteiger partial charge in [0.15, 0.2) is 0 Å². The zero-order chi connectivity index (χ0) is 15.8. The van der Waals surface area contributed by atoms with E-state index in [1.807, 2.05) is 12.3 Å². The summed E-state index contributed by atoms with van der Waals surface area (Å²) in [5.74, 6) is 0. The van der Waals surface area contributed by atoms with Gasteiger partial charge in [-0.3, -0.25) is 4.98 Å². The monoisotopic (exact) mass is 319 g/mol. The smallest absolute Gasteiger partial charge is 0.377 e. The summed E-state index contributed by atoms with van der Waals surface area (Å²) < 4.78 is 16.3. The van der Waals surface area contributed by atoms with Crippen molar-refractivity contribution in [1.29, 1.82) is 0 Å². The van der Waals surface area contributed by atoms with E-state index in [-0.39, 0.29) is 0 Å². The lowest BCUT2D eigenvalue weighted by atomic mass is 10.0. The van der Waals surface area contributed by atoms with Crippen molar-refractivity contribution in [2.75, 3.05) is 21.3 Å².